The van der Waals surface area contributed by atoms with Crippen molar-refractivity contribution in [1.82, 2.24) is 4.40 Å². The van der Waals surface area contributed by atoms with Gasteiger partial charge in [0.2, 0.25) is 0 Å². The molecule has 0 aliphatic heterocycles. The van der Waals surface area contributed by atoms with Gasteiger partial charge in [0.15, 0.2) is 0 Å². The van der Waals surface area contributed by atoms with Crippen LogP contribution >= 0.6 is 0 Å². The van der Waals surface area contributed by atoms with Gasteiger partial charge in [-0.3, -0.25) is 0 Å². The summed E-state index contributed by atoms with van der Waals surface area (Å²) in [5.41, 5.74) is 14.8. The number of nitrogens with zero attached hydrogens (tertiary/aromatic N) is 3. The molecule has 0 amide bonds. The lowest BCUT2D eigenvalue weighted by molar-refractivity contribution is 0.00322. The molecule has 5 saturated carbocycles. The van der Waals surface area contributed by atoms with Gasteiger partial charge in [-0.1, -0.05) is 45.0 Å². The summed E-state index contributed by atoms with van der Waals surface area (Å²) in [7, 11) is 0. The number of rotatable bonds is 0. The van der Waals surface area contributed by atoms with Gasteiger partial charge >= 0.3 is 0 Å². The Kier molecular flexibility index (Phi) is 5.23. The highest BCUT2D eigenvalue weighted by Crippen LogP contribution is 2.77. The number of hydrogen-bond acceptors (Lipinski definition) is 3. The molecular formula is C53H45N3O. The Morgan fingerprint density at radius 1 is 0.614 bits per heavy atom. The summed E-state index contributed by atoms with van der Waals surface area (Å²) in [4.78, 5) is 0. The van der Waals surface area contributed by atoms with Crippen LogP contribution in [-0.2, 0) is 5.41 Å². The van der Waals surface area contributed by atoms with E-state index in [0.717, 1.165) is 51.5 Å². The minimum atomic E-state index is -0.00894. The largest absolute Gasteiger partial charge is 0.455 e. The summed E-state index contributed by atoms with van der Waals surface area (Å²) in [6.45, 7) is 6.95. The molecular weight excluding hydrogens is 695 g/mol. The van der Waals surface area contributed by atoms with Gasteiger partial charge in [-0.2, -0.15) is 10.5 Å². The third-order valence-corrected chi connectivity index (χ3v) is 18.2. The van der Waals surface area contributed by atoms with Crippen molar-refractivity contribution in [3.05, 3.63) is 87.5 Å². The average molecular weight is 740 g/mol. The first-order valence-corrected chi connectivity index (χ1v) is 22.2. The Hall–Kier alpha value is -5.06. The molecule has 1 spiro atoms. The van der Waals surface area contributed by atoms with E-state index in [1.54, 1.807) is 0 Å². The zero-order valence-electron chi connectivity index (χ0n) is 33.1. The maximum Gasteiger partial charge on any atom is 0.145 e. The molecule has 4 heteroatoms. The van der Waals surface area contributed by atoms with Crippen LogP contribution in [0.5, 0.6) is 0 Å². The highest BCUT2D eigenvalue weighted by molar-refractivity contribution is 6.35. The normalized spacial score (nSPS) is 31.8. The van der Waals surface area contributed by atoms with Crippen LogP contribution in [-0.4, -0.2) is 4.40 Å². The van der Waals surface area contributed by atoms with E-state index < -0.39 is 0 Å². The van der Waals surface area contributed by atoms with Crippen LogP contribution in [0.4, 0.5) is 0 Å². The van der Waals surface area contributed by atoms with Crippen LogP contribution in [0.2, 0.25) is 0 Å². The van der Waals surface area contributed by atoms with Crippen LogP contribution in [0.25, 0.3) is 70.8 Å². The van der Waals surface area contributed by atoms with E-state index >= 15 is 0 Å². The van der Waals surface area contributed by atoms with Gasteiger partial charge < -0.3 is 8.82 Å². The van der Waals surface area contributed by atoms with Crippen molar-refractivity contribution in [3.8, 4) is 12.1 Å². The predicted molar refractivity (Wildman–Crippen MR) is 228 cm³/mol. The molecule has 8 aliphatic rings. The molecule has 278 valence electrons. The van der Waals surface area contributed by atoms with E-state index in [2.05, 4.69) is 85.8 Å². The molecule has 5 fully saturated rings. The van der Waals surface area contributed by atoms with E-state index in [1.165, 1.54) is 146 Å². The zero-order valence-corrected chi connectivity index (χ0v) is 33.1. The van der Waals surface area contributed by atoms with Crippen molar-refractivity contribution in [3.63, 3.8) is 0 Å². The SMILES string of the molecule is CC(C)(C)c1ccc2c3cc4c5c6c(c(C#N)cc5n5c7cc(C#N)c8c(c7c(c3oc3cccc1c32)c45)C1CC2CC(CC8C2)C1)C1CC2CC3CC6CC23C1. The average Bonchev–Trinajstić information content (AvgIpc) is 3.83. The maximum absolute atomic E-state index is 11.1. The number of hydrogen-bond donors (Lipinski definition) is 0. The van der Waals surface area contributed by atoms with Gasteiger partial charge in [-0.25, -0.2) is 0 Å². The molecule has 0 saturated heterocycles. The summed E-state index contributed by atoms with van der Waals surface area (Å²) >= 11 is 0. The van der Waals surface area contributed by atoms with E-state index in [1.807, 2.05) is 0 Å². The fraction of sp³-hybridized carbons (Fsp3) is 0.434. The lowest BCUT2D eigenvalue weighted by Crippen LogP contribution is -2.41. The second-order valence-corrected chi connectivity index (χ2v) is 21.5. The Morgan fingerprint density at radius 2 is 1.26 bits per heavy atom. The van der Waals surface area contributed by atoms with E-state index in [0.29, 0.717) is 29.1 Å². The number of benzene rings is 5. The molecule has 8 aliphatic carbocycles. The topological polar surface area (TPSA) is 65.1 Å². The van der Waals surface area contributed by atoms with Crippen LogP contribution in [0.15, 0.2) is 52.9 Å². The second-order valence-electron chi connectivity index (χ2n) is 21.5. The fourth-order valence-corrected chi connectivity index (χ4v) is 16.6. The van der Waals surface area contributed by atoms with Gasteiger partial charge in [0.05, 0.1) is 45.2 Å². The summed E-state index contributed by atoms with van der Waals surface area (Å²) in [5, 5.41) is 32.4. The number of aromatic nitrogens is 1. The second kappa shape index (κ2) is 9.62. The predicted octanol–water partition coefficient (Wildman–Crippen LogP) is 13.7. The monoisotopic (exact) mass is 739 g/mol. The summed E-state index contributed by atoms with van der Waals surface area (Å²) in [6, 6.07) is 24.1. The van der Waals surface area contributed by atoms with Crippen LogP contribution in [0.3, 0.4) is 0 Å². The first kappa shape index (κ1) is 31.0. The lowest BCUT2D eigenvalue weighted by Gasteiger charge is -2.48. The minimum absolute atomic E-state index is 0.00894. The van der Waals surface area contributed by atoms with Crippen LogP contribution < -0.4 is 0 Å². The van der Waals surface area contributed by atoms with Crippen molar-refractivity contribution in [2.45, 2.75) is 114 Å². The fourth-order valence-electron chi connectivity index (χ4n) is 16.6. The molecule has 3 heterocycles. The number of fused-ring (bicyclic) bond motifs is 15. The van der Waals surface area contributed by atoms with E-state index in [-0.39, 0.29) is 5.41 Å². The summed E-state index contributed by atoms with van der Waals surface area (Å²) < 4.78 is 9.94. The van der Waals surface area contributed by atoms with Crippen molar-refractivity contribution in [2.24, 2.45) is 29.1 Å². The molecule has 16 rings (SSSR count). The maximum atomic E-state index is 11.1. The van der Waals surface area contributed by atoms with Gasteiger partial charge in [-0.05, 0) is 185 Å². The molecule has 4 nitrogen and oxygen atoms in total. The molecule has 7 bridgehead atoms. The molecule has 3 aromatic heterocycles. The first-order chi connectivity index (χ1) is 27.7. The third kappa shape index (κ3) is 3.38. The first-order valence-electron chi connectivity index (χ1n) is 22.2. The Morgan fingerprint density at radius 3 is 1.96 bits per heavy atom. The highest BCUT2D eigenvalue weighted by atomic mass is 16.3. The van der Waals surface area contributed by atoms with Gasteiger partial charge in [0, 0.05) is 26.9 Å². The molecule has 0 radical (unpaired) electrons. The Labute approximate surface area is 331 Å². The third-order valence-electron chi connectivity index (χ3n) is 18.2. The van der Waals surface area contributed by atoms with Crippen molar-refractivity contribution < 1.29 is 4.42 Å². The van der Waals surface area contributed by atoms with Gasteiger partial charge in [0.25, 0.3) is 0 Å². The highest BCUT2D eigenvalue weighted by Gasteiger charge is 2.66. The molecule has 0 N–H and O–H groups in total. The van der Waals surface area contributed by atoms with Crippen LogP contribution in [0.1, 0.15) is 148 Å². The van der Waals surface area contributed by atoms with Crippen molar-refractivity contribution in [2.75, 3.05) is 0 Å². The quantitative estimate of drug-likeness (QED) is 0.115. The van der Waals surface area contributed by atoms with E-state index in [4.69, 9.17) is 4.42 Å². The minimum Gasteiger partial charge on any atom is -0.455 e. The van der Waals surface area contributed by atoms with Crippen molar-refractivity contribution in [1.29, 1.82) is 10.5 Å². The smallest absolute Gasteiger partial charge is 0.145 e. The zero-order chi connectivity index (χ0) is 37.6. The van der Waals surface area contributed by atoms with Crippen LogP contribution in [0, 0.1) is 51.7 Å². The summed E-state index contributed by atoms with van der Waals surface area (Å²) in [6.07, 6.45) is 12.7. The van der Waals surface area contributed by atoms with Gasteiger partial charge in [0.1, 0.15) is 11.2 Å². The molecule has 57 heavy (non-hydrogen) atoms. The molecule has 7 unspecified atom stereocenters. The molecule has 7 atom stereocenters. The Balaban J connectivity index is 1.20. The summed E-state index contributed by atoms with van der Waals surface area (Å²) in [5.74, 6) is 5.07. The molecule has 8 aromatic rings. The van der Waals surface area contributed by atoms with Crippen molar-refractivity contribution >= 4 is 70.8 Å². The van der Waals surface area contributed by atoms with E-state index in [9.17, 15) is 10.5 Å². The molecule has 5 aromatic carbocycles. The lowest BCUT2D eigenvalue weighted by atomic mass is 9.56. The van der Waals surface area contributed by atoms with Gasteiger partial charge in [-0.15, -0.1) is 0 Å². The standard InChI is InChI=1S/C53H45N3O/c1-52(2,3)38-8-7-34-36-19-37-47-39(16-31(23-55)43-28-14-32-18-33-15-29(45(43)47)21-53(32,33)20-28)56-40-17-30(22-54)42-26-10-24-9-25(11-26)13-27(12-24)44(42)48(40)49(50(37)56)51(36)57-41-6-4-5-35(38)46(34)41/h4-8,16-17,19,24-29,32-33H,9-15,18,20-21H2,1-3H3. The Bertz CT molecular complexity index is 3320. The number of nitriles is 2.